The molecule has 68 valence electrons. The molecule has 0 bridgehead atoms. The summed E-state index contributed by atoms with van der Waals surface area (Å²) in [5.74, 6) is -0.763. The lowest BCUT2D eigenvalue weighted by atomic mass is 10.1. The van der Waals surface area contributed by atoms with Crippen molar-refractivity contribution in [2.75, 3.05) is 0 Å². The van der Waals surface area contributed by atoms with Gasteiger partial charge in [0, 0.05) is 10.9 Å². The summed E-state index contributed by atoms with van der Waals surface area (Å²) in [5.41, 5.74) is 0.0994. The molecule has 13 heavy (non-hydrogen) atoms. The Morgan fingerprint density at radius 3 is 2.85 bits per heavy atom. The Bertz CT molecular complexity index is 327. The molecule has 1 nitrogen and oxygen atoms in total. The highest BCUT2D eigenvalue weighted by molar-refractivity contribution is 9.10. The van der Waals surface area contributed by atoms with Crippen molar-refractivity contribution in [1.82, 2.24) is 0 Å². The normalized spacial score (nSPS) is 9.69. The Morgan fingerprint density at radius 2 is 2.31 bits per heavy atom. The number of ketones is 1. The van der Waals surface area contributed by atoms with Crippen LogP contribution in [0.2, 0.25) is 0 Å². The number of rotatable bonds is 3. The maximum Gasteiger partial charge on any atom is 0.170 e. The number of Topliss-reactive ketones (excluding diaryl/α,β-unsaturated/α-hetero) is 1. The molecule has 1 aromatic rings. The van der Waals surface area contributed by atoms with Crippen molar-refractivity contribution >= 4 is 21.7 Å². The molecule has 0 aliphatic rings. The lowest BCUT2D eigenvalue weighted by molar-refractivity contribution is 0.0991. The SMILES string of the molecule is C=CCC(=O)c1c(F)cccc1Br. The number of hydrogen-bond acceptors (Lipinski definition) is 1. The van der Waals surface area contributed by atoms with Gasteiger partial charge >= 0.3 is 0 Å². The Morgan fingerprint density at radius 1 is 1.62 bits per heavy atom. The summed E-state index contributed by atoms with van der Waals surface area (Å²) in [6.07, 6.45) is 1.61. The summed E-state index contributed by atoms with van der Waals surface area (Å²) in [5, 5.41) is 0. The molecule has 0 radical (unpaired) electrons. The van der Waals surface area contributed by atoms with Gasteiger partial charge in [-0.1, -0.05) is 12.1 Å². The van der Waals surface area contributed by atoms with Crippen molar-refractivity contribution in [3.05, 3.63) is 46.7 Å². The molecule has 0 aromatic heterocycles. The third-order valence-electron chi connectivity index (χ3n) is 1.57. The number of allylic oxidation sites excluding steroid dienone is 1. The van der Waals surface area contributed by atoms with Gasteiger partial charge in [0.1, 0.15) is 5.82 Å². The van der Waals surface area contributed by atoms with Gasteiger partial charge in [-0.25, -0.2) is 4.39 Å². The average Bonchev–Trinajstić information content (AvgIpc) is 2.04. The molecule has 0 N–H and O–H groups in total. The van der Waals surface area contributed by atoms with Crippen LogP contribution < -0.4 is 0 Å². The highest BCUT2D eigenvalue weighted by atomic mass is 79.9. The van der Waals surface area contributed by atoms with Crippen molar-refractivity contribution in [2.24, 2.45) is 0 Å². The van der Waals surface area contributed by atoms with Crippen molar-refractivity contribution in [2.45, 2.75) is 6.42 Å². The molecule has 0 fully saturated rings. The van der Waals surface area contributed by atoms with Crippen LogP contribution in [0.15, 0.2) is 35.3 Å². The molecule has 3 heteroatoms. The second-order valence-electron chi connectivity index (χ2n) is 2.51. The molecule has 0 spiro atoms. The van der Waals surface area contributed by atoms with E-state index in [-0.39, 0.29) is 17.8 Å². The van der Waals surface area contributed by atoms with Crippen molar-refractivity contribution < 1.29 is 9.18 Å². The number of carbonyl (C=O) groups excluding carboxylic acids is 1. The largest absolute Gasteiger partial charge is 0.294 e. The van der Waals surface area contributed by atoms with Crippen LogP contribution in [0.25, 0.3) is 0 Å². The molecule has 0 aliphatic carbocycles. The van der Waals surface area contributed by atoms with E-state index in [1.54, 1.807) is 12.1 Å². The van der Waals surface area contributed by atoms with Gasteiger partial charge in [0.25, 0.3) is 0 Å². The van der Waals surface area contributed by atoms with E-state index in [0.717, 1.165) is 0 Å². The highest BCUT2D eigenvalue weighted by Crippen LogP contribution is 2.21. The first-order chi connectivity index (χ1) is 6.16. The van der Waals surface area contributed by atoms with Gasteiger partial charge in [-0.15, -0.1) is 6.58 Å². The fourth-order valence-corrected chi connectivity index (χ4v) is 1.56. The van der Waals surface area contributed by atoms with E-state index in [1.807, 2.05) is 0 Å². The Balaban J connectivity index is 3.12. The van der Waals surface area contributed by atoms with Gasteiger partial charge in [0.15, 0.2) is 5.78 Å². The van der Waals surface area contributed by atoms with Gasteiger partial charge in [-0.05, 0) is 28.1 Å². The van der Waals surface area contributed by atoms with Gasteiger partial charge in [0.2, 0.25) is 0 Å². The standard InChI is InChI=1S/C10H8BrFO/c1-2-4-9(13)10-7(11)5-3-6-8(10)12/h2-3,5-6H,1,4H2. The zero-order valence-corrected chi connectivity index (χ0v) is 8.47. The minimum atomic E-state index is -0.499. The third kappa shape index (κ3) is 2.25. The maximum absolute atomic E-state index is 13.1. The first-order valence-corrected chi connectivity index (χ1v) is 4.54. The monoisotopic (exact) mass is 242 g/mol. The molecule has 0 aliphatic heterocycles. The molecule has 1 aromatic carbocycles. The maximum atomic E-state index is 13.1. The number of benzene rings is 1. The van der Waals surface area contributed by atoms with Gasteiger partial charge < -0.3 is 0 Å². The van der Waals surface area contributed by atoms with Gasteiger partial charge in [-0.2, -0.15) is 0 Å². The lowest BCUT2D eigenvalue weighted by Crippen LogP contribution is -2.01. The summed E-state index contributed by atoms with van der Waals surface area (Å²) < 4.78 is 13.6. The molecular formula is C10H8BrFO. The van der Waals surface area contributed by atoms with E-state index in [2.05, 4.69) is 22.5 Å². The van der Waals surface area contributed by atoms with Crippen LogP contribution in [0, 0.1) is 5.82 Å². The quantitative estimate of drug-likeness (QED) is 0.587. The molecule has 0 amide bonds. The second-order valence-corrected chi connectivity index (χ2v) is 3.37. The summed E-state index contributed by atoms with van der Waals surface area (Å²) in [4.78, 5) is 11.3. The van der Waals surface area contributed by atoms with Crippen molar-refractivity contribution in [3.8, 4) is 0 Å². The predicted octanol–water partition coefficient (Wildman–Crippen LogP) is 3.35. The smallest absolute Gasteiger partial charge is 0.170 e. The predicted molar refractivity (Wildman–Crippen MR) is 53.2 cm³/mol. The summed E-state index contributed by atoms with van der Waals surface area (Å²) >= 11 is 3.12. The average molecular weight is 243 g/mol. The van der Waals surface area contributed by atoms with E-state index >= 15 is 0 Å². The van der Waals surface area contributed by atoms with Crippen LogP contribution in [0.5, 0.6) is 0 Å². The Labute approximate surface area is 84.4 Å². The molecule has 0 saturated heterocycles. The summed E-state index contributed by atoms with van der Waals surface area (Å²) in [6.45, 7) is 3.43. The second kappa shape index (κ2) is 4.33. The molecule has 0 unspecified atom stereocenters. The van der Waals surface area contributed by atoms with Crippen LogP contribution in [0.3, 0.4) is 0 Å². The minimum absolute atomic E-state index is 0.0994. The van der Waals surface area contributed by atoms with E-state index in [0.29, 0.717) is 4.47 Å². The Kier molecular flexibility index (Phi) is 3.37. The van der Waals surface area contributed by atoms with Crippen molar-refractivity contribution in [3.63, 3.8) is 0 Å². The van der Waals surface area contributed by atoms with Crippen molar-refractivity contribution in [1.29, 1.82) is 0 Å². The zero-order chi connectivity index (χ0) is 9.84. The van der Waals surface area contributed by atoms with E-state index < -0.39 is 5.82 Å². The lowest BCUT2D eigenvalue weighted by Gasteiger charge is -2.02. The van der Waals surface area contributed by atoms with E-state index in [1.165, 1.54) is 12.1 Å². The third-order valence-corrected chi connectivity index (χ3v) is 2.23. The van der Waals surface area contributed by atoms with Crippen LogP contribution in [0.4, 0.5) is 4.39 Å². The minimum Gasteiger partial charge on any atom is -0.294 e. The first kappa shape index (κ1) is 10.1. The Hall–Kier alpha value is -0.960. The van der Waals surface area contributed by atoms with E-state index in [4.69, 9.17) is 0 Å². The fraction of sp³-hybridized carbons (Fsp3) is 0.100. The molecule has 1 rings (SSSR count). The fourth-order valence-electron chi connectivity index (χ4n) is 0.997. The molecular weight excluding hydrogens is 235 g/mol. The molecule has 0 atom stereocenters. The molecule has 0 saturated carbocycles. The summed E-state index contributed by atoms with van der Waals surface area (Å²) in [7, 11) is 0. The highest BCUT2D eigenvalue weighted by Gasteiger charge is 2.13. The van der Waals surface area contributed by atoms with Gasteiger partial charge in [0.05, 0.1) is 5.56 Å². The van der Waals surface area contributed by atoms with Crippen LogP contribution in [-0.2, 0) is 0 Å². The van der Waals surface area contributed by atoms with Gasteiger partial charge in [-0.3, -0.25) is 4.79 Å². The number of carbonyl (C=O) groups is 1. The first-order valence-electron chi connectivity index (χ1n) is 3.75. The topological polar surface area (TPSA) is 17.1 Å². The van der Waals surface area contributed by atoms with Crippen LogP contribution in [0.1, 0.15) is 16.8 Å². The number of halogens is 2. The van der Waals surface area contributed by atoms with Crippen LogP contribution >= 0.6 is 15.9 Å². The number of hydrogen-bond donors (Lipinski definition) is 0. The summed E-state index contributed by atoms with van der Waals surface area (Å²) in [6, 6.07) is 4.45. The zero-order valence-electron chi connectivity index (χ0n) is 6.89. The van der Waals surface area contributed by atoms with E-state index in [9.17, 15) is 9.18 Å². The van der Waals surface area contributed by atoms with Crippen LogP contribution in [-0.4, -0.2) is 5.78 Å². The molecule has 0 heterocycles.